The molecule has 4 unspecified atom stereocenters. The number of aliphatic imine (C=N–C) groups is 1. The van der Waals surface area contributed by atoms with Crippen LogP contribution in [0.5, 0.6) is 0 Å². The molecule has 2 aliphatic heterocycles. The molecule has 0 radical (unpaired) electrons. The molecule has 174 valence electrons. The minimum Gasteiger partial charge on any atom is -0.347 e. The summed E-state index contributed by atoms with van der Waals surface area (Å²) < 4.78 is 0. The van der Waals surface area contributed by atoms with Crippen LogP contribution in [0.25, 0.3) is 0 Å². The molecule has 3 amide bonds. The molecule has 1 saturated carbocycles. The van der Waals surface area contributed by atoms with Gasteiger partial charge in [0, 0.05) is 38.9 Å². The second kappa shape index (κ2) is 10.5. The number of hydrogen-bond acceptors (Lipinski definition) is 4. The van der Waals surface area contributed by atoms with Crippen LogP contribution in [-0.2, 0) is 11.2 Å². The number of rotatable bonds is 7. The third kappa shape index (κ3) is 5.31. The van der Waals surface area contributed by atoms with Crippen molar-refractivity contribution in [2.75, 3.05) is 26.7 Å². The van der Waals surface area contributed by atoms with Gasteiger partial charge < -0.3 is 20.9 Å². The first kappa shape index (κ1) is 22.8. The van der Waals surface area contributed by atoms with E-state index < -0.39 is 0 Å². The predicted molar refractivity (Wildman–Crippen MR) is 127 cm³/mol. The summed E-state index contributed by atoms with van der Waals surface area (Å²) in [6.45, 7) is 4.22. The molecule has 0 spiro atoms. The molecular formula is C25H37N5O2. The highest BCUT2D eigenvalue weighted by atomic mass is 16.2. The minimum atomic E-state index is -0.0976. The van der Waals surface area contributed by atoms with E-state index in [1.807, 2.05) is 18.0 Å². The Morgan fingerprint density at radius 1 is 1.19 bits per heavy atom. The van der Waals surface area contributed by atoms with Crippen LogP contribution in [0.2, 0.25) is 0 Å². The van der Waals surface area contributed by atoms with Crippen LogP contribution in [0.4, 0.5) is 4.79 Å². The molecule has 32 heavy (non-hydrogen) atoms. The number of fused-ring (bicyclic) bond motifs is 2. The van der Waals surface area contributed by atoms with Crippen molar-refractivity contribution in [3.63, 3.8) is 0 Å². The molecule has 1 aromatic carbocycles. The summed E-state index contributed by atoms with van der Waals surface area (Å²) in [6, 6.07) is 9.19. The Hall–Kier alpha value is -2.41. The number of carbonyl (C=O) groups excluding carboxylic acids is 2. The Morgan fingerprint density at radius 2 is 1.94 bits per heavy atom. The van der Waals surface area contributed by atoms with Gasteiger partial charge in [0.05, 0.1) is 12.1 Å². The van der Waals surface area contributed by atoms with Gasteiger partial charge in [0.1, 0.15) is 0 Å². The van der Waals surface area contributed by atoms with Gasteiger partial charge in [0.25, 0.3) is 0 Å². The van der Waals surface area contributed by atoms with E-state index in [1.54, 1.807) is 7.05 Å². The van der Waals surface area contributed by atoms with Crippen molar-refractivity contribution in [2.24, 2.45) is 10.9 Å². The van der Waals surface area contributed by atoms with E-state index in [4.69, 9.17) is 0 Å². The quantitative estimate of drug-likeness (QED) is 0.571. The molecule has 7 nitrogen and oxygen atoms in total. The summed E-state index contributed by atoms with van der Waals surface area (Å²) in [7, 11) is 1.76. The van der Waals surface area contributed by atoms with Crippen LogP contribution in [-0.4, -0.2) is 67.9 Å². The van der Waals surface area contributed by atoms with Gasteiger partial charge in [-0.3, -0.25) is 9.79 Å². The van der Waals surface area contributed by atoms with Crippen LogP contribution >= 0.6 is 0 Å². The third-order valence-electron chi connectivity index (χ3n) is 7.32. The van der Waals surface area contributed by atoms with Gasteiger partial charge in [-0.2, -0.15) is 0 Å². The summed E-state index contributed by atoms with van der Waals surface area (Å²) in [5, 5.41) is 9.57. The molecule has 2 heterocycles. The van der Waals surface area contributed by atoms with Gasteiger partial charge in [-0.05, 0) is 68.4 Å². The van der Waals surface area contributed by atoms with Crippen molar-refractivity contribution < 1.29 is 9.59 Å². The Kier molecular flexibility index (Phi) is 7.45. The third-order valence-corrected chi connectivity index (χ3v) is 7.32. The van der Waals surface area contributed by atoms with E-state index in [0.717, 1.165) is 45.2 Å². The predicted octanol–water partition coefficient (Wildman–Crippen LogP) is 2.46. The van der Waals surface area contributed by atoms with E-state index in [2.05, 4.69) is 45.2 Å². The standard InChI is InChI=1S/C25H37N5O2/c1-3-27-25(32)30-12-10-19(11-13-30)18-6-4-17(5-7-18)14-22(16-26-2)29-24(31)23-20-8-9-21(15-20)28-23/h4-7,16,19-23,28H,3,8-15H2,1-2H3,(H,27,32)(H,29,31). The average molecular weight is 440 g/mol. The lowest BCUT2D eigenvalue weighted by Gasteiger charge is -2.32. The fraction of sp³-hybridized carbons (Fsp3) is 0.640. The number of benzene rings is 1. The number of urea groups is 1. The number of hydrogen-bond donors (Lipinski definition) is 3. The Morgan fingerprint density at radius 3 is 2.53 bits per heavy atom. The van der Waals surface area contributed by atoms with Gasteiger partial charge in [0.15, 0.2) is 0 Å². The van der Waals surface area contributed by atoms with Crippen molar-refractivity contribution in [1.82, 2.24) is 20.9 Å². The van der Waals surface area contributed by atoms with Crippen molar-refractivity contribution in [3.05, 3.63) is 35.4 Å². The van der Waals surface area contributed by atoms with E-state index >= 15 is 0 Å². The molecule has 2 bridgehead atoms. The zero-order valence-electron chi connectivity index (χ0n) is 19.3. The van der Waals surface area contributed by atoms with Gasteiger partial charge >= 0.3 is 6.03 Å². The molecule has 3 N–H and O–H groups in total. The molecule has 2 saturated heterocycles. The lowest BCUT2D eigenvalue weighted by Crippen LogP contribution is -2.51. The fourth-order valence-corrected chi connectivity index (χ4v) is 5.60. The SMILES string of the molecule is CCNC(=O)N1CCC(c2ccc(CC(C=NC)NC(=O)C3NC4CCC3C4)cc2)CC1. The van der Waals surface area contributed by atoms with Crippen molar-refractivity contribution in [1.29, 1.82) is 0 Å². The summed E-state index contributed by atoms with van der Waals surface area (Å²) in [5.74, 6) is 1.09. The Balaban J connectivity index is 1.30. The molecule has 0 aromatic heterocycles. The highest BCUT2D eigenvalue weighted by Crippen LogP contribution is 2.35. The second-order valence-corrected chi connectivity index (χ2v) is 9.48. The molecule has 1 aromatic rings. The highest BCUT2D eigenvalue weighted by molar-refractivity contribution is 5.86. The lowest BCUT2D eigenvalue weighted by molar-refractivity contribution is -0.124. The molecule has 3 aliphatic rings. The van der Waals surface area contributed by atoms with Gasteiger partial charge in [-0.1, -0.05) is 24.3 Å². The average Bonchev–Trinajstić information content (AvgIpc) is 3.44. The minimum absolute atomic E-state index is 0.0471. The Labute approximate surface area is 191 Å². The summed E-state index contributed by atoms with van der Waals surface area (Å²) in [4.78, 5) is 30.9. The summed E-state index contributed by atoms with van der Waals surface area (Å²) in [6.07, 6.45) is 8.06. The van der Waals surface area contributed by atoms with Crippen molar-refractivity contribution in [3.8, 4) is 0 Å². The van der Waals surface area contributed by atoms with Crippen molar-refractivity contribution in [2.45, 2.75) is 69.5 Å². The summed E-state index contributed by atoms with van der Waals surface area (Å²) >= 11 is 0. The molecule has 1 aliphatic carbocycles. The molecule has 3 fully saturated rings. The zero-order valence-corrected chi connectivity index (χ0v) is 19.3. The normalized spacial score (nSPS) is 26.4. The molecule has 4 atom stereocenters. The van der Waals surface area contributed by atoms with Gasteiger partial charge in [-0.15, -0.1) is 0 Å². The number of carbonyl (C=O) groups is 2. The second-order valence-electron chi connectivity index (χ2n) is 9.48. The zero-order chi connectivity index (χ0) is 22.5. The lowest BCUT2D eigenvalue weighted by atomic mass is 9.88. The van der Waals surface area contributed by atoms with E-state index in [1.165, 1.54) is 17.5 Å². The number of amides is 3. The topological polar surface area (TPSA) is 85.8 Å². The highest BCUT2D eigenvalue weighted by Gasteiger charge is 2.42. The first-order valence-corrected chi connectivity index (χ1v) is 12.2. The maximum Gasteiger partial charge on any atom is 0.317 e. The number of nitrogens with one attached hydrogen (secondary N) is 3. The maximum absolute atomic E-state index is 12.8. The summed E-state index contributed by atoms with van der Waals surface area (Å²) in [5.41, 5.74) is 2.53. The number of nitrogens with zero attached hydrogens (tertiary/aromatic N) is 2. The van der Waals surface area contributed by atoms with E-state index in [9.17, 15) is 9.59 Å². The van der Waals surface area contributed by atoms with Crippen LogP contribution in [0.15, 0.2) is 29.3 Å². The first-order chi connectivity index (χ1) is 15.6. The van der Waals surface area contributed by atoms with Crippen LogP contribution < -0.4 is 16.0 Å². The number of piperidine rings is 2. The van der Waals surface area contributed by atoms with Crippen LogP contribution in [0.3, 0.4) is 0 Å². The maximum atomic E-state index is 12.8. The van der Waals surface area contributed by atoms with Gasteiger partial charge in [0.2, 0.25) is 5.91 Å². The largest absolute Gasteiger partial charge is 0.347 e. The first-order valence-electron chi connectivity index (χ1n) is 12.2. The fourth-order valence-electron chi connectivity index (χ4n) is 5.60. The van der Waals surface area contributed by atoms with Crippen molar-refractivity contribution >= 4 is 18.2 Å². The smallest absolute Gasteiger partial charge is 0.317 e. The molecule has 4 rings (SSSR count). The number of likely N-dealkylation sites (tertiary alicyclic amines) is 1. The van der Waals surface area contributed by atoms with E-state index in [0.29, 0.717) is 24.4 Å². The Bertz CT molecular complexity index is 816. The van der Waals surface area contributed by atoms with Gasteiger partial charge in [-0.25, -0.2) is 4.79 Å². The monoisotopic (exact) mass is 439 g/mol. The van der Waals surface area contributed by atoms with Crippen LogP contribution in [0, 0.1) is 5.92 Å². The van der Waals surface area contributed by atoms with E-state index in [-0.39, 0.29) is 24.0 Å². The molecular weight excluding hydrogens is 402 g/mol. The molecule has 7 heteroatoms. The van der Waals surface area contributed by atoms with Crippen LogP contribution in [0.1, 0.15) is 56.1 Å².